The third-order valence-electron chi connectivity index (χ3n) is 2.91. The number of benzene rings is 1. The van der Waals surface area contributed by atoms with Crippen molar-refractivity contribution in [3.63, 3.8) is 0 Å². The molecule has 0 heterocycles. The van der Waals surface area contributed by atoms with Gasteiger partial charge in [0.15, 0.2) is 0 Å². The van der Waals surface area contributed by atoms with E-state index in [4.69, 9.17) is 9.84 Å². The molecule has 0 aliphatic heterocycles. The lowest BCUT2D eigenvalue weighted by atomic mass is 9.97. The maximum absolute atomic E-state index is 10.6. The summed E-state index contributed by atoms with van der Waals surface area (Å²) in [5.74, 6) is -0.924. The van der Waals surface area contributed by atoms with E-state index in [0.29, 0.717) is 26.1 Å². The molecular weight excluding hydrogens is 244 g/mol. The molecule has 1 aromatic rings. The molecule has 1 unspecified atom stereocenters. The second-order valence-electron chi connectivity index (χ2n) is 4.55. The fourth-order valence-corrected chi connectivity index (χ4v) is 1.92. The second kappa shape index (κ2) is 9.28. The Hall–Kier alpha value is -1.68. The lowest BCUT2D eigenvalue weighted by Crippen LogP contribution is -2.09. The summed E-state index contributed by atoms with van der Waals surface area (Å²) in [7, 11) is 0. The third kappa shape index (κ3) is 7.36. The highest BCUT2D eigenvalue weighted by Gasteiger charge is 2.12. The zero-order valence-corrected chi connectivity index (χ0v) is 11.0. The van der Waals surface area contributed by atoms with E-state index in [1.807, 2.05) is 30.3 Å². The summed E-state index contributed by atoms with van der Waals surface area (Å²) in [4.78, 5) is 21.1. The molecule has 0 radical (unpaired) electrons. The topological polar surface area (TPSA) is 63.6 Å². The quantitative estimate of drug-likeness (QED) is 0.521. The predicted molar refractivity (Wildman–Crippen MR) is 71.8 cm³/mol. The van der Waals surface area contributed by atoms with Gasteiger partial charge in [-0.1, -0.05) is 30.3 Å². The lowest BCUT2D eigenvalue weighted by Gasteiger charge is -2.11. The molecule has 4 nitrogen and oxygen atoms in total. The maximum Gasteiger partial charge on any atom is 0.303 e. The first kappa shape index (κ1) is 15.4. The zero-order chi connectivity index (χ0) is 13.9. The molecule has 1 rings (SSSR count). The van der Waals surface area contributed by atoms with Crippen LogP contribution in [0.1, 0.15) is 31.2 Å². The average molecular weight is 264 g/mol. The van der Waals surface area contributed by atoms with Gasteiger partial charge in [0.1, 0.15) is 6.29 Å². The molecule has 0 amide bonds. The molecule has 0 saturated carbocycles. The van der Waals surface area contributed by atoms with Crippen molar-refractivity contribution in [1.29, 1.82) is 0 Å². The molecule has 0 fully saturated rings. The van der Waals surface area contributed by atoms with Gasteiger partial charge >= 0.3 is 5.97 Å². The first-order valence-corrected chi connectivity index (χ1v) is 6.49. The van der Waals surface area contributed by atoms with Gasteiger partial charge in [-0.2, -0.15) is 0 Å². The Morgan fingerprint density at radius 2 is 2.05 bits per heavy atom. The Morgan fingerprint density at radius 1 is 1.32 bits per heavy atom. The number of hydrogen-bond donors (Lipinski definition) is 1. The first-order valence-electron chi connectivity index (χ1n) is 6.49. The van der Waals surface area contributed by atoms with Gasteiger partial charge in [-0.05, 0) is 24.3 Å². The number of aliphatic carboxylic acids is 1. The Morgan fingerprint density at radius 3 is 2.68 bits per heavy atom. The second-order valence-corrected chi connectivity index (χ2v) is 4.55. The van der Waals surface area contributed by atoms with E-state index in [2.05, 4.69) is 0 Å². The molecule has 0 spiro atoms. The SMILES string of the molecule is O=CCC(CCCOCc1ccccc1)CC(=O)O. The van der Waals surface area contributed by atoms with E-state index < -0.39 is 5.97 Å². The van der Waals surface area contributed by atoms with Crippen LogP contribution >= 0.6 is 0 Å². The van der Waals surface area contributed by atoms with Gasteiger partial charge in [-0.25, -0.2) is 0 Å². The van der Waals surface area contributed by atoms with Crippen molar-refractivity contribution in [3.05, 3.63) is 35.9 Å². The lowest BCUT2D eigenvalue weighted by molar-refractivity contribution is -0.138. The number of carbonyl (C=O) groups excluding carboxylic acids is 1. The van der Waals surface area contributed by atoms with Crippen molar-refractivity contribution in [2.24, 2.45) is 5.92 Å². The number of ether oxygens (including phenoxy) is 1. The molecule has 0 aromatic heterocycles. The van der Waals surface area contributed by atoms with Crippen LogP contribution in [0.4, 0.5) is 0 Å². The Labute approximate surface area is 113 Å². The summed E-state index contributed by atoms with van der Waals surface area (Å²) in [5, 5.41) is 8.71. The minimum Gasteiger partial charge on any atom is -0.481 e. The Kier molecular flexibility index (Phi) is 7.51. The van der Waals surface area contributed by atoms with Gasteiger partial charge < -0.3 is 14.6 Å². The smallest absolute Gasteiger partial charge is 0.303 e. The van der Waals surface area contributed by atoms with Crippen molar-refractivity contribution in [1.82, 2.24) is 0 Å². The molecule has 0 aliphatic carbocycles. The minimum absolute atomic E-state index is 0.0530. The van der Waals surface area contributed by atoms with Crippen LogP contribution in [0.5, 0.6) is 0 Å². The van der Waals surface area contributed by atoms with Gasteiger partial charge in [0.2, 0.25) is 0 Å². The Balaban J connectivity index is 2.14. The van der Waals surface area contributed by atoms with Crippen LogP contribution in [-0.2, 0) is 20.9 Å². The molecule has 4 heteroatoms. The summed E-state index contributed by atoms with van der Waals surface area (Å²) >= 11 is 0. The highest BCUT2D eigenvalue weighted by atomic mass is 16.5. The summed E-state index contributed by atoms with van der Waals surface area (Å²) in [5.41, 5.74) is 1.12. The van der Waals surface area contributed by atoms with E-state index in [1.165, 1.54) is 0 Å². The van der Waals surface area contributed by atoms with Gasteiger partial charge in [0.25, 0.3) is 0 Å². The number of carboxylic acid groups (broad SMARTS) is 1. The van der Waals surface area contributed by atoms with Gasteiger partial charge in [0.05, 0.1) is 6.61 Å². The molecule has 0 aliphatic rings. The van der Waals surface area contributed by atoms with Crippen LogP contribution in [0, 0.1) is 5.92 Å². The molecule has 0 bridgehead atoms. The fraction of sp³-hybridized carbons (Fsp3) is 0.467. The molecule has 1 aromatic carbocycles. The highest BCUT2D eigenvalue weighted by Crippen LogP contribution is 2.14. The summed E-state index contributed by atoms with van der Waals surface area (Å²) < 4.78 is 5.52. The molecule has 0 saturated heterocycles. The predicted octanol–water partition coefficient (Wildman–Crippen LogP) is 2.66. The molecular formula is C15H20O4. The largest absolute Gasteiger partial charge is 0.481 e. The van der Waals surface area contributed by atoms with E-state index in [1.54, 1.807) is 0 Å². The third-order valence-corrected chi connectivity index (χ3v) is 2.91. The van der Waals surface area contributed by atoms with Gasteiger partial charge in [-0.3, -0.25) is 4.79 Å². The fourth-order valence-electron chi connectivity index (χ4n) is 1.92. The minimum atomic E-state index is -0.850. The monoisotopic (exact) mass is 264 g/mol. The summed E-state index contributed by atoms with van der Waals surface area (Å²) in [6.45, 7) is 1.15. The number of hydrogen-bond acceptors (Lipinski definition) is 3. The van der Waals surface area contributed by atoms with Crippen molar-refractivity contribution in [2.75, 3.05) is 6.61 Å². The highest BCUT2D eigenvalue weighted by molar-refractivity contribution is 5.67. The van der Waals surface area contributed by atoms with E-state index >= 15 is 0 Å². The van der Waals surface area contributed by atoms with Gasteiger partial charge in [0, 0.05) is 19.4 Å². The van der Waals surface area contributed by atoms with Crippen molar-refractivity contribution >= 4 is 12.3 Å². The van der Waals surface area contributed by atoms with E-state index in [9.17, 15) is 9.59 Å². The maximum atomic E-state index is 10.6. The first-order chi connectivity index (χ1) is 9.22. The van der Waals surface area contributed by atoms with E-state index in [-0.39, 0.29) is 12.3 Å². The number of carbonyl (C=O) groups is 2. The standard InChI is InChI=1S/C15H20O4/c16-9-8-13(11-15(17)18)7-4-10-19-12-14-5-2-1-3-6-14/h1-3,5-6,9,13H,4,7-8,10-12H2,(H,17,18). The zero-order valence-electron chi connectivity index (χ0n) is 11.0. The van der Waals surface area contributed by atoms with Crippen LogP contribution in [0.25, 0.3) is 0 Å². The normalized spacial score (nSPS) is 12.0. The van der Waals surface area contributed by atoms with E-state index in [0.717, 1.165) is 18.3 Å². The van der Waals surface area contributed by atoms with Crippen LogP contribution in [0.3, 0.4) is 0 Å². The average Bonchev–Trinajstić information content (AvgIpc) is 2.39. The number of aldehydes is 1. The summed E-state index contributed by atoms with van der Waals surface area (Å²) in [6.07, 6.45) is 2.64. The molecule has 19 heavy (non-hydrogen) atoms. The van der Waals surface area contributed by atoms with Crippen LogP contribution in [0.2, 0.25) is 0 Å². The number of carboxylic acids is 1. The number of rotatable bonds is 10. The van der Waals surface area contributed by atoms with Gasteiger partial charge in [-0.15, -0.1) is 0 Å². The van der Waals surface area contributed by atoms with Crippen molar-refractivity contribution in [2.45, 2.75) is 32.3 Å². The Bertz CT molecular complexity index is 375. The molecule has 1 atom stereocenters. The van der Waals surface area contributed by atoms with Crippen LogP contribution in [0.15, 0.2) is 30.3 Å². The van der Waals surface area contributed by atoms with Crippen LogP contribution < -0.4 is 0 Å². The van der Waals surface area contributed by atoms with Crippen molar-refractivity contribution < 1.29 is 19.4 Å². The van der Waals surface area contributed by atoms with Crippen molar-refractivity contribution in [3.8, 4) is 0 Å². The molecule has 1 N–H and O–H groups in total. The van der Waals surface area contributed by atoms with Crippen LogP contribution in [-0.4, -0.2) is 24.0 Å². The summed E-state index contributed by atoms with van der Waals surface area (Å²) in [6, 6.07) is 9.88. The molecule has 104 valence electrons.